The Bertz CT molecular complexity index is 1090. The Morgan fingerprint density at radius 2 is 1.47 bits per heavy atom. The molecule has 0 spiro atoms. The van der Waals surface area contributed by atoms with Gasteiger partial charge in [-0.2, -0.15) is 22.0 Å². The third kappa shape index (κ3) is 4.81. The summed E-state index contributed by atoms with van der Waals surface area (Å²) in [6.07, 6.45) is -7.72. The molecule has 3 aromatic rings. The molecule has 0 atom stereocenters. The van der Waals surface area contributed by atoms with Crippen molar-refractivity contribution >= 4 is 0 Å². The van der Waals surface area contributed by atoms with Gasteiger partial charge >= 0.3 is 12.3 Å². The van der Waals surface area contributed by atoms with Gasteiger partial charge in [-0.25, -0.2) is 8.78 Å². The molecule has 0 bridgehead atoms. The standard InChI is InChI=1S/C23H17F7O2/c1-2-3-13-4-6-14(7-5-13)19-18(31)12-17(24)20(21(19)25)23(29,30)32-16-10-8-15(9-11-16)22(26,27)28/h4-12,31H,2-3H2,1H3. The summed E-state index contributed by atoms with van der Waals surface area (Å²) in [5, 5.41) is 10.0. The molecule has 9 heteroatoms. The molecule has 0 heterocycles. The molecule has 0 aliphatic heterocycles. The summed E-state index contributed by atoms with van der Waals surface area (Å²) in [6.45, 7) is 1.95. The lowest BCUT2D eigenvalue weighted by molar-refractivity contribution is -0.189. The minimum Gasteiger partial charge on any atom is -0.507 e. The van der Waals surface area contributed by atoms with E-state index < -0.39 is 52.1 Å². The minimum atomic E-state index is -4.70. The summed E-state index contributed by atoms with van der Waals surface area (Å²) in [5.41, 5.74) is -2.60. The Labute approximate surface area is 178 Å². The third-order valence-electron chi connectivity index (χ3n) is 4.70. The van der Waals surface area contributed by atoms with E-state index in [0.29, 0.717) is 30.3 Å². The maximum absolute atomic E-state index is 15.0. The molecular weight excluding hydrogens is 441 g/mol. The lowest BCUT2D eigenvalue weighted by Gasteiger charge is -2.21. The fourth-order valence-electron chi connectivity index (χ4n) is 3.19. The molecule has 0 radical (unpaired) electrons. The molecule has 170 valence electrons. The number of benzene rings is 3. The monoisotopic (exact) mass is 458 g/mol. The maximum Gasteiger partial charge on any atom is 0.432 e. The molecule has 0 amide bonds. The van der Waals surface area contributed by atoms with Crippen LogP contribution in [0.2, 0.25) is 0 Å². The summed E-state index contributed by atoms with van der Waals surface area (Å²) in [7, 11) is 0. The quantitative estimate of drug-likeness (QED) is 0.389. The second-order valence-electron chi connectivity index (χ2n) is 7.03. The molecule has 3 aromatic carbocycles. The van der Waals surface area contributed by atoms with Gasteiger partial charge < -0.3 is 9.84 Å². The molecule has 0 aromatic heterocycles. The zero-order valence-corrected chi connectivity index (χ0v) is 16.6. The first-order chi connectivity index (χ1) is 14.9. The van der Waals surface area contributed by atoms with Crippen LogP contribution < -0.4 is 4.74 Å². The Kier molecular flexibility index (Phi) is 6.39. The number of phenolic OH excluding ortho intramolecular Hbond substituents is 1. The molecule has 2 nitrogen and oxygen atoms in total. The van der Waals surface area contributed by atoms with Crippen LogP contribution in [0.15, 0.2) is 54.6 Å². The predicted molar refractivity (Wildman–Crippen MR) is 103 cm³/mol. The van der Waals surface area contributed by atoms with E-state index in [4.69, 9.17) is 0 Å². The van der Waals surface area contributed by atoms with E-state index >= 15 is 4.39 Å². The number of phenols is 1. The molecule has 0 fully saturated rings. The molecule has 0 saturated heterocycles. The summed E-state index contributed by atoms with van der Waals surface area (Å²) < 4.78 is 101. The Morgan fingerprint density at radius 1 is 0.875 bits per heavy atom. The third-order valence-corrected chi connectivity index (χ3v) is 4.70. The molecule has 3 rings (SSSR count). The molecule has 32 heavy (non-hydrogen) atoms. The van der Waals surface area contributed by atoms with Crippen LogP contribution in [-0.4, -0.2) is 5.11 Å². The maximum atomic E-state index is 15.0. The number of aryl methyl sites for hydroxylation is 1. The number of halogens is 7. The van der Waals surface area contributed by atoms with Crippen LogP contribution in [0.5, 0.6) is 11.5 Å². The van der Waals surface area contributed by atoms with E-state index in [0.717, 1.165) is 18.4 Å². The Balaban J connectivity index is 2.00. The van der Waals surface area contributed by atoms with Gasteiger partial charge in [0.05, 0.1) is 11.1 Å². The Hall–Kier alpha value is -3.23. The first-order valence-electron chi connectivity index (χ1n) is 9.49. The number of ether oxygens (including phenoxy) is 1. The summed E-state index contributed by atoms with van der Waals surface area (Å²) >= 11 is 0. The second kappa shape index (κ2) is 8.72. The lowest BCUT2D eigenvalue weighted by Crippen LogP contribution is -2.25. The van der Waals surface area contributed by atoms with E-state index in [9.17, 15) is 31.4 Å². The van der Waals surface area contributed by atoms with Gasteiger partial charge in [0.15, 0.2) is 5.82 Å². The van der Waals surface area contributed by atoms with Crippen LogP contribution in [0, 0.1) is 11.6 Å². The average molecular weight is 458 g/mol. The van der Waals surface area contributed by atoms with Crippen LogP contribution in [0.3, 0.4) is 0 Å². The smallest absolute Gasteiger partial charge is 0.432 e. The summed E-state index contributed by atoms with van der Waals surface area (Å²) in [5.74, 6) is -5.15. The topological polar surface area (TPSA) is 29.5 Å². The second-order valence-corrected chi connectivity index (χ2v) is 7.03. The number of hydrogen-bond donors (Lipinski definition) is 1. The van der Waals surface area contributed by atoms with Crippen LogP contribution in [0.4, 0.5) is 30.7 Å². The first-order valence-corrected chi connectivity index (χ1v) is 9.49. The highest BCUT2D eigenvalue weighted by Gasteiger charge is 2.43. The van der Waals surface area contributed by atoms with E-state index in [2.05, 4.69) is 4.74 Å². The summed E-state index contributed by atoms with van der Waals surface area (Å²) in [4.78, 5) is 0. The van der Waals surface area contributed by atoms with Gasteiger partial charge in [0, 0.05) is 6.07 Å². The predicted octanol–water partition coefficient (Wildman–Crippen LogP) is 7.44. The van der Waals surface area contributed by atoms with Crippen molar-refractivity contribution in [3.63, 3.8) is 0 Å². The fraction of sp³-hybridized carbons (Fsp3) is 0.217. The van der Waals surface area contributed by atoms with Crippen molar-refractivity contribution in [3.05, 3.63) is 82.9 Å². The van der Waals surface area contributed by atoms with E-state index in [1.54, 1.807) is 12.1 Å². The largest absolute Gasteiger partial charge is 0.507 e. The van der Waals surface area contributed by atoms with Crippen LogP contribution >= 0.6 is 0 Å². The van der Waals surface area contributed by atoms with Gasteiger partial charge in [-0.05, 0) is 41.8 Å². The fourth-order valence-corrected chi connectivity index (χ4v) is 3.19. The molecular formula is C23H17F7O2. The number of alkyl halides is 5. The highest BCUT2D eigenvalue weighted by Crippen LogP contribution is 2.42. The average Bonchev–Trinajstić information content (AvgIpc) is 2.68. The number of hydrogen-bond acceptors (Lipinski definition) is 2. The van der Waals surface area contributed by atoms with Crippen molar-refractivity contribution in [1.29, 1.82) is 0 Å². The van der Waals surface area contributed by atoms with Gasteiger partial charge in [-0.3, -0.25) is 0 Å². The first kappa shape index (κ1) is 23.4. The SMILES string of the molecule is CCCc1ccc(-c2c(O)cc(F)c(C(F)(F)Oc3ccc(C(F)(F)F)cc3)c2F)cc1. The van der Waals surface area contributed by atoms with Crippen molar-refractivity contribution in [3.8, 4) is 22.6 Å². The molecule has 0 unspecified atom stereocenters. The molecule has 0 saturated carbocycles. The summed E-state index contributed by atoms with van der Waals surface area (Å²) in [6, 6.07) is 8.60. The van der Waals surface area contributed by atoms with Crippen molar-refractivity contribution in [2.75, 3.05) is 0 Å². The van der Waals surface area contributed by atoms with E-state index in [1.165, 1.54) is 12.1 Å². The molecule has 0 aliphatic rings. The van der Waals surface area contributed by atoms with Crippen LogP contribution in [-0.2, 0) is 18.7 Å². The van der Waals surface area contributed by atoms with Crippen molar-refractivity contribution in [1.82, 2.24) is 0 Å². The van der Waals surface area contributed by atoms with Crippen molar-refractivity contribution in [2.45, 2.75) is 32.1 Å². The number of aromatic hydroxyl groups is 1. The Morgan fingerprint density at radius 3 is 2.00 bits per heavy atom. The lowest BCUT2D eigenvalue weighted by atomic mass is 9.98. The van der Waals surface area contributed by atoms with Crippen molar-refractivity contribution < 1.29 is 40.6 Å². The molecule has 0 aliphatic carbocycles. The zero-order valence-electron chi connectivity index (χ0n) is 16.6. The van der Waals surface area contributed by atoms with Gasteiger partial charge in [0.2, 0.25) is 0 Å². The van der Waals surface area contributed by atoms with Crippen LogP contribution in [0.1, 0.15) is 30.0 Å². The highest BCUT2D eigenvalue weighted by molar-refractivity contribution is 5.72. The van der Waals surface area contributed by atoms with Gasteiger partial charge in [-0.15, -0.1) is 0 Å². The van der Waals surface area contributed by atoms with E-state index in [1.807, 2.05) is 6.92 Å². The van der Waals surface area contributed by atoms with Gasteiger partial charge in [0.25, 0.3) is 0 Å². The van der Waals surface area contributed by atoms with Crippen molar-refractivity contribution in [2.24, 2.45) is 0 Å². The minimum absolute atomic E-state index is 0.0337. The van der Waals surface area contributed by atoms with Gasteiger partial charge in [-0.1, -0.05) is 37.6 Å². The van der Waals surface area contributed by atoms with E-state index in [-0.39, 0.29) is 5.56 Å². The van der Waals surface area contributed by atoms with Gasteiger partial charge in [0.1, 0.15) is 22.9 Å². The van der Waals surface area contributed by atoms with Crippen LogP contribution in [0.25, 0.3) is 11.1 Å². The zero-order chi connectivity index (χ0) is 23.7. The molecule has 1 N–H and O–H groups in total. The number of rotatable bonds is 6. The highest BCUT2D eigenvalue weighted by atomic mass is 19.4. The normalized spacial score (nSPS) is 12.1.